The van der Waals surface area contributed by atoms with Crippen LogP contribution in [0.4, 0.5) is 0 Å². The Bertz CT molecular complexity index is 346. The van der Waals surface area contributed by atoms with E-state index in [2.05, 4.69) is 4.98 Å². The maximum atomic E-state index is 11.2. The van der Waals surface area contributed by atoms with Crippen LogP contribution in [0.15, 0.2) is 18.5 Å². The van der Waals surface area contributed by atoms with Crippen LogP contribution in [-0.2, 0) is 0 Å². The Morgan fingerprint density at radius 2 is 2.00 bits per heavy atom. The van der Waals surface area contributed by atoms with Gasteiger partial charge in [0, 0.05) is 24.4 Å². The number of hydrogen-bond acceptors (Lipinski definition) is 3. The minimum Gasteiger partial charge on any atom is -0.478 e. The summed E-state index contributed by atoms with van der Waals surface area (Å²) in [5.74, 6) is -1.17. The van der Waals surface area contributed by atoms with Crippen molar-refractivity contribution in [2.24, 2.45) is 0 Å². The van der Waals surface area contributed by atoms with Gasteiger partial charge in [0.15, 0.2) is 5.78 Å². The maximum absolute atomic E-state index is 11.2. The summed E-state index contributed by atoms with van der Waals surface area (Å²) in [6.07, 6.45) is 2.94. The molecule has 13 heavy (non-hydrogen) atoms. The molecule has 0 aliphatic carbocycles. The first-order valence-electron chi connectivity index (χ1n) is 3.86. The number of rotatable bonds is 3. The number of ketones is 1. The maximum Gasteiger partial charge on any atom is 0.337 e. The topological polar surface area (TPSA) is 67.3 Å². The molecule has 1 aromatic heterocycles. The molecule has 1 rings (SSSR count). The quantitative estimate of drug-likeness (QED) is 0.711. The van der Waals surface area contributed by atoms with Crippen molar-refractivity contribution in [2.75, 3.05) is 0 Å². The van der Waals surface area contributed by atoms with E-state index in [1.807, 2.05) is 0 Å². The molecule has 1 N–H and O–H groups in total. The van der Waals surface area contributed by atoms with Crippen LogP contribution in [0.5, 0.6) is 0 Å². The van der Waals surface area contributed by atoms with Crippen molar-refractivity contribution in [1.29, 1.82) is 0 Å². The number of carbonyl (C=O) groups is 2. The second-order valence-electron chi connectivity index (χ2n) is 2.54. The van der Waals surface area contributed by atoms with Crippen LogP contribution in [0.25, 0.3) is 0 Å². The van der Waals surface area contributed by atoms with Crippen LogP contribution in [0.1, 0.15) is 34.1 Å². The Hall–Kier alpha value is -1.71. The van der Waals surface area contributed by atoms with E-state index in [9.17, 15) is 9.59 Å². The number of aromatic nitrogens is 1. The van der Waals surface area contributed by atoms with Crippen molar-refractivity contribution in [1.82, 2.24) is 4.98 Å². The summed E-state index contributed by atoms with van der Waals surface area (Å²) < 4.78 is 0. The summed E-state index contributed by atoms with van der Waals surface area (Å²) in [6.45, 7) is 1.72. The van der Waals surface area contributed by atoms with Crippen molar-refractivity contribution < 1.29 is 14.7 Å². The van der Waals surface area contributed by atoms with Crippen molar-refractivity contribution in [3.8, 4) is 0 Å². The molecule has 0 bridgehead atoms. The van der Waals surface area contributed by atoms with Gasteiger partial charge in [0.05, 0.1) is 5.56 Å². The van der Waals surface area contributed by atoms with E-state index >= 15 is 0 Å². The lowest BCUT2D eigenvalue weighted by molar-refractivity contribution is 0.0696. The fourth-order valence-electron chi connectivity index (χ4n) is 0.914. The zero-order valence-corrected chi connectivity index (χ0v) is 7.15. The van der Waals surface area contributed by atoms with E-state index in [4.69, 9.17) is 5.11 Å². The van der Waals surface area contributed by atoms with Gasteiger partial charge in [0.2, 0.25) is 0 Å². The van der Waals surface area contributed by atoms with Crippen LogP contribution in [0.3, 0.4) is 0 Å². The molecule has 0 aliphatic rings. The number of pyridine rings is 1. The predicted octanol–water partition coefficient (Wildman–Crippen LogP) is 1.37. The smallest absolute Gasteiger partial charge is 0.337 e. The van der Waals surface area contributed by atoms with E-state index in [1.54, 1.807) is 6.92 Å². The number of hydrogen-bond donors (Lipinski definition) is 1. The lowest BCUT2D eigenvalue weighted by Crippen LogP contribution is -2.02. The van der Waals surface area contributed by atoms with E-state index < -0.39 is 5.97 Å². The van der Waals surface area contributed by atoms with Crippen LogP contribution in [-0.4, -0.2) is 21.8 Å². The summed E-state index contributed by atoms with van der Waals surface area (Å²) in [6, 6.07) is 1.33. The van der Waals surface area contributed by atoms with Gasteiger partial charge >= 0.3 is 5.97 Å². The molecule has 0 atom stereocenters. The Morgan fingerprint density at radius 3 is 2.54 bits per heavy atom. The second-order valence-corrected chi connectivity index (χ2v) is 2.54. The van der Waals surface area contributed by atoms with Crippen molar-refractivity contribution >= 4 is 11.8 Å². The first-order chi connectivity index (χ1) is 6.15. The van der Waals surface area contributed by atoms with Crippen LogP contribution >= 0.6 is 0 Å². The molecule has 0 amide bonds. The van der Waals surface area contributed by atoms with Crippen molar-refractivity contribution in [2.45, 2.75) is 13.3 Å². The molecule has 0 fully saturated rings. The van der Waals surface area contributed by atoms with Crippen LogP contribution in [0, 0.1) is 0 Å². The number of carboxylic acid groups (broad SMARTS) is 1. The Labute approximate surface area is 75.2 Å². The molecule has 0 aromatic carbocycles. The van der Waals surface area contributed by atoms with Gasteiger partial charge in [-0.25, -0.2) is 4.79 Å². The SMILES string of the molecule is CCC(=O)c1cncc(C(=O)O)c1. The molecule has 1 heterocycles. The minimum absolute atomic E-state index is 0.0410. The van der Waals surface area contributed by atoms with Crippen LogP contribution < -0.4 is 0 Å². The lowest BCUT2D eigenvalue weighted by Gasteiger charge is -1.97. The predicted molar refractivity (Wildman–Crippen MR) is 45.8 cm³/mol. The Balaban J connectivity index is 3.05. The van der Waals surface area contributed by atoms with Crippen molar-refractivity contribution in [3.63, 3.8) is 0 Å². The molecule has 0 saturated carbocycles. The Kier molecular flexibility index (Phi) is 2.74. The fraction of sp³-hybridized carbons (Fsp3) is 0.222. The molecule has 68 valence electrons. The zero-order chi connectivity index (χ0) is 9.84. The molecule has 0 unspecified atom stereocenters. The normalized spacial score (nSPS) is 9.62. The third kappa shape index (κ3) is 2.11. The molecule has 0 aliphatic heterocycles. The molecule has 0 radical (unpaired) electrons. The molecule has 0 saturated heterocycles. The molecule has 4 nitrogen and oxygen atoms in total. The zero-order valence-electron chi connectivity index (χ0n) is 7.15. The van der Waals surface area contributed by atoms with E-state index in [0.717, 1.165) is 0 Å². The molecular weight excluding hydrogens is 170 g/mol. The molecule has 1 aromatic rings. The summed E-state index contributed by atoms with van der Waals surface area (Å²) in [5, 5.41) is 8.61. The standard InChI is InChI=1S/C9H9NO3/c1-2-8(11)6-3-7(9(12)13)5-10-4-6/h3-5H,2H2,1H3,(H,12,13). The number of carbonyl (C=O) groups excluding carboxylic acids is 1. The largest absolute Gasteiger partial charge is 0.478 e. The summed E-state index contributed by atoms with van der Waals surface area (Å²) in [4.78, 5) is 25.3. The molecular formula is C9H9NO3. The van der Waals surface area contributed by atoms with Gasteiger partial charge < -0.3 is 5.11 Å². The number of Topliss-reactive ketones (excluding diaryl/α,β-unsaturated/α-hetero) is 1. The van der Waals surface area contributed by atoms with E-state index in [1.165, 1.54) is 18.5 Å². The molecule has 4 heteroatoms. The highest BCUT2D eigenvalue weighted by molar-refractivity contribution is 5.98. The average Bonchev–Trinajstić information content (AvgIpc) is 2.17. The third-order valence-electron chi connectivity index (χ3n) is 1.63. The highest BCUT2D eigenvalue weighted by Crippen LogP contribution is 2.05. The van der Waals surface area contributed by atoms with Crippen molar-refractivity contribution in [3.05, 3.63) is 29.6 Å². The summed E-state index contributed by atoms with van der Waals surface area (Å²) >= 11 is 0. The summed E-state index contributed by atoms with van der Waals surface area (Å²) in [5.41, 5.74) is 0.390. The highest BCUT2D eigenvalue weighted by atomic mass is 16.4. The monoisotopic (exact) mass is 179 g/mol. The van der Waals surface area contributed by atoms with Gasteiger partial charge in [-0.05, 0) is 6.07 Å². The number of carboxylic acids is 1. The van der Waals surface area contributed by atoms with Gasteiger partial charge in [-0.15, -0.1) is 0 Å². The minimum atomic E-state index is -1.07. The van der Waals surface area contributed by atoms with Gasteiger partial charge in [0.25, 0.3) is 0 Å². The van der Waals surface area contributed by atoms with Gasteiger partial charge in [-0.1, -0.05) is 6.92 Å². The molecule has 0 spiro atoms. The third-order valence-corrected chi connectivity index (χ3v) is 1.63. The lowest BCUT2D eigenvalue weighted by atomic mass is 10.1. The fourth-order valence-corrected chi connectivity index (χ4v) is 0.914. The number of aromatic carboxylic acids is 1. The number of nitrogens with zero attached hydrogens (tertiary/aromatic N) is 1. The summed E-state index contributed by atoms with van der Waals surface area (Å²) in [7, 11) is 0. The van der Waals surface area contributed by atoms with Gasteiger partial charge in [-0.2, -0.15) is 0 Å². The first-order valence-corrected chi connectivity index (χ1v) is 3.86. The first kappa shape index (κ1) is 9.38. The van der Waals surface area contributed by atoms with Gasteiger partial charge in [-0.3, -0.25) is 9.78 Å². The highest BCUT2D eigenvalue weighted by Gasteiger charge is 2.07. The average molecular weight is 179 g/mol. The van der Waals surface area contributed by atoms with E-state index in [0.29, 0.717) is 12.0 Å². The second kappa shape index (κ2) is 3.80. The van der Waals surface area contributed by atoms with Gasteiger partial charge in [0.1, 0.15) is 0 Å². The Morgan fingerprint density at radius 1 is 1.38 bits per heavy atom. The van der Waals surface area contributed by atoms with E-state index in [-0.39, 0.29) is 11.3 Å². The van der Waals surface area contributed by atoms with Crippen LogP contribution in [0.2, 0.25) is 0 Å².